The van der Waals surface area contributed by atoms with E-state index in [-0.39, 0.29) is 0 Å². The molecule has 2 N–H and O–H groups in total. The topological polar surface area (TPSA) is 26.0 Å². The number of aryl methyl sites for hydroxylation is 1. The summed E-state index contributed by atoms with van der Waals surface area (Å²) in [6.07, 6.45) is 3.52. The predicted octanol–water partition coefficient (Wildman–Crippen LogP) is 2.90. The van der Waals surface area contributed by atoms with Gasteiger partial charge < -0.3 is 5.73 Å². The second-order valence-corrected chi connectivity index (χ2v) is 5.52. The second kappa shape index (κ2) is 3.67. The van der Waals surface area contributed by atoms with Gasteiger partial charge in [-0.05, 0) is 54.5 Å². The van der Waals surface area contributed by atoms with E-state index in [1.54, 1.807) is 0 Å². The van der Waals surface area contributed by atoms with E-state index in [4.69, 9.17) is 5.73 Å². The number of fused-ring (bicyclic) bond motifs is 1. The summed E-state index contributed by atoms with van der Waals surface area (Å²) in [4.78, 5) is 0. The molecule has 0 saturated carbocycles. The van der Waals surface area contributed by atoms with Gasteiger partial charge in [-0.25, -0.2) is 0 Å². The summed E-state index contributed by atoms with van der Waals surface area (Å²) in [5, 5.41) is 0. The molecule has 76 valence electrons. The van der Waals surface area contributed by atoms with E-state index in [0.717, 1.165) is 13.0 Å². The Morgan fingerprint density at radius 3 is 2.93 bits per heavy atom. The largest absolute Gasteiger partial charge is 0.330 e. The van der Waals surface area contributed by atoms with Crippen LogP contribution in [0.5, 0.6) is 0 Å². The minimum atomic E-state index is 0.313. The van der Waals surface area contributed by atoms with Crippen molar-refractivity contribution in [2.75, 3.05) is 6.54 Å². The normalized spacial score (nSPS) is 25.9. The smallest absolute Gasteiger partial charge is 0.0178 e. The highest BCUT2D eigenvalue weighted by atomic mass is 79.9. The van der Waals surface area contributed by atoms with Gasteiger partial charge in [0.2, 0.25) is 0 Å². The zero-order chi connectivity index (χ0) is 10.2. The van der Waals surface area contributed by atoms with E-state index in [1.807, 2.05) is 0 Å². The van der Waals surface area contributed by atoms with Crippen LogP contribution in [0, 0.1) is 5.41 Å². The average molecular weight is 254 g/mol. The number of halogens is 1. The van der Waals surface area contributed by atoms with Crippen LogP contribution in [0.1, 0.15) is 24.5 Å². The molecule has 0 aliphatic heterocycles. The molecule has 14 heavy (non-hydrogen) atoms. The van der Waals surface area contributed by atoms with Crippen molar-refractivity contribution in [1.82, 2.24) is 0 Å². The van der Waals surface area contributed by atoms with Crippen molar-refractivity contribution in [1.29, 1.82) is 0 Å². The first-order chi connectivity index (χ1) is 6.63. The molecule has 0 spiro atoms. The molecule has 0 saturated heterocycles. The lowest BCUT2D eigenvalue weighted by atomic mass is 9.73. The minimum Gasteiger partial charge on any atom is -0.330 e. The molecule has 1 unspecified atom stereocenters. The first kappa shape index (κ1) is 10.2. The molecule has 1 nitrogen and oxygen atoms in total. The Balaban J connectivity index is 2.33. The Hall–Kier alpha value is -0.340. The number of hydrogen-bond donors (Lipinski definition) is 1. The summed E-state index contributed by atoms with van der Waals surface area (Å²) in [5.41, 5.74) is 9.10. The number of hydrogen-bond acceptors (Lipinski definition) is 1. The van der Waals surface area contributed by atoms with Crippen LogP contribution in [0.4, 0.5) is 0 Å². The summed E-state index contributed by atoms with van der Waals surface area (Å²) >= 11 is 3.52. The van der Waals surface area contributed by atoms with Gasteiger partial charge in [0.05, 0.1) is 0 Å². The number of nitrogens with two attached hydrogens (primary N) is 1. The highest BCUT2D eigenvalue weighted by molar-refractivity contribution is 9.10. The first-order valence-electron chi connectivity index (χ1n) is 5.10. The Morgan fingerprint density at radius 2 is 2.21 bits per heavy atom. The molecule has 0 radical (unpaired) electrons. The van der Waals surface area contributed by atoms with Gasteiger partial charge in [-0.1, -0.05) is 28.9 Å². The van der Waals surface area contributed by atoms with E-state index in [1.165, 1.54) is 28.4 Å². The van der Waals surface area contributed by atoms with Gasteiger partial charge in [0.1, 0.15) is 0 Å². The molecule has 0 fully saturated rings. The van der Waals surface area contributed by atoms with Crippen LogP contribution in [0.2, 0.25) is 0 Å². The minimum absolute atomic E-state index is 0.313. The fourth-order valence-electron chi connectivity index (χ4n) is 2.16. The number of benzene rings is 1. The molecule has 0 aromatic heterocycles. The highest BCUT2D eigenvalue weighted by Crippen LogP contribution is 2.35. The fourth-order valence-corrected chi connectivity index (χ4v) is 2.57. The van der Waals surface area contributed by atoms with Crippen molar-refractivity contribution in [3.05, 3.63) is 33.8 Å². The molecule has 1 aromatic rings. The molecular formula is C12H16BrN. The van der Waals surface area contributed by atoms with E-state index >= 15 is 0 Å². The summed E-state index contributed by atoms with van der Waals surface area (Å²) in [6.45, 7) is 3.08. The lowest BCUT2D eigenvalue weighted by Gasteiger charge is -2.33. The van der Waals surface area contributed by atoms with E-state index in [0.29, 0.717) is 5.41 Å². The van der Waals surface area contributed by atoms with E-state index in [2.05, 4.69) is 41.1 Å². The Bertz CT molecular complexity index is 348. The Kier molecular flexibility index (Phi) is 2.67. The van der Waals surface area contributed by atoms with Crippen LogP contribution in [0.25, 0.3) is 0 Å². The van der Waals surface area contributed by atoms with Gasteiger partial charge in [0.15, 0.2) is 0 Å². The second-order valence-electron chi connectivity index (χ2n) is 4.60. The van der Waals surface area contributed by atoms with E-state index in [9.17, 15) is 0 Å². The molecule has 2 heteroatoms. The van der Waals surface area contributed by atoms with Gasteiger partial charge in [0.25, 0.3) is 0 Å². The third kappa shape index (κ3) is 1.86. The van der Waals surface area contributed by atoms with Gasteiger partial charge in [-0.2, -0.15) is 0 Å². The van der Waals surface area contributed by atoms with Crippen LogP contribution in [-0.4, -0.2) is 6.54 Å². The average Bonchev–Trinajstić information content (AvgIpc) is 2.17. The Morgan fingerprint density at radius 1 is 1.43 bits per heavy atom. The quantitative estimate of drug-likeness (QED) is 0.819. The predicted molar refractivity (Wildman–Crippen MR) is 63.3 cm³/mol. The fraction of sp³-hybridized carbons (Fsp3) is 0.500. The number of rotatable bonds is 1. The van der Waals surface area contributed by atoms with Gasteiger partial charge in [0, 0.05) is 4.47 Å². The molecule has 1 aliphatic rings. The van der Waals surface area contributed by atoms with Crippen molar-refractivity contribution in [2.45, 2.75) is 26.2 Å². The third-order valence-corrected chi connectivity index (χ3v) is 3.77. The molecule has 0 bridgehead atoms. The summed E-state index contributed by atoms with van der Waals surface area (Å²) < 4.78 is 1.18. The maximum atomic E-state index is 5.82. The van der Waals surface area contributed by atoms with E-state index < -0.39 is 0 Å². The summed E-state index contributed by atoms with van der Waals surface area (Å²) in [5.74, 6) is 0. The molecule has 2 rings (SSSR count). The third-order valence-electron chi connectivity index (χ3n) is 3.28. The molecule has 1 aliphatic carbocycles. The molecule has 0 amide bonds. The van der Waals surface area contributed by atoms with Crippen molar-refractivity contribution >= 4 is 15.9 Å². The SMILES string of the molecule is CC1(CN)CCc2ccc(Br)cc2C1. The maximum absolute atomic E-state index is 5.82. The standard InChI is InChI=1S/C12H16BrN/c1-12(8-14)5-4-9-2-3-11(13)6-10(9)7-12/h2-3,6H,4-5,7-8,14H2,1H3. The van der Waals surface area contributed by atoms with Crippen LogP contribution in [0.3, 0.4) is 0 Å². The lowest BCUT2D eigenvalue weighted by Crippen LogP contribution is -2.33. The van der Waals surface area contributed by atoms with Crippen molar-refractivity contribution in [2.24, 2.45) is 11.1 Å². The van der Waals surface area contributed by atoms with Crippen molar-refractivity contribution < 1.29 is 0 Å². The summed E-state index contributed by atoms with van der Waals surface area (Å²) in [7, 11) is 0. The molecule has 1 atom stereocenters. The van der Waals surface area contributed by atoms with Crippen LogP contribution < -0.4 is 5.73 Å². The summed E-state index contributed by atoms with van der Waals surface area (Å²) in [6, 6.07) is 6.60. The first-order valence-corrected chi connectivity index (χ1v) is 5.90. The lowest BCUT2D eigenvalue weighted by molar-refractivity contribution is 0.290. The van der Waals surface area contributed by atoms with Crippen LogP contribution in [0.15, 0.2) is 22.7 Å². The van der Waals surface area contributed by atoms with Crippen molar-refractivity contribution in [3.8, 4) is 0 Å². The Labute approximate surface area is 93.8 Å². The molecule has 1 aromatic carbocycles. The van der Waals surface area contributed by atoms with Crippen LogP contribution in [-0.2, 0) is 12.8 Å². The molecule has 0 heterocycles. The van der Waals surface area contributed by atoms with Crippen LogP contribution >= 0.6 is 15.9 Å². The highest BCUT2D eigenvalue weighted by Gasteiger charge is 2.28. The zero-order valence-electron chi connectivity index (χ0n) is 8.52. The molecular weight excluding hydrogens is 238 g/mol. The monoisotopic (exact) mass is 253 g/mol. The van der Waals surface area contributed by atoms with Crippen molar-refractivity contribution in [3.63, 3.8) is 0 Å². The van der Waals surface area contributed by atoms with Gasteiger partial charge in [-0.15, -0.1) is 0 Å². The zero-order valence-corrected chi connectivity index (χ0v) is 10.1. The van der Waals surface area contributed by atoms with Gasteiger partial charge >= 0.3 is 0 Å². The van der Waals surface area contributed by atoms with Gasteiger partial charge in [-0.3, -0.25) is 0 Å². The maximum Gasteiger partial charge on any atom is 0.0178 e.